The number of ether oxygens (including phenoxy) is 1. The van der Waals surface area contributed by atoms with Crippen molar-refractivity contribution in [3.05, 3.63) is 53.0 Å². The molecule has 11 heteroatoms. The molecule has 0 amide bonds. The van der Waals surface area contributed by atoms with Gasteiger partial charge in [0.05, 0.1) is 17.0 Å². The van der Waals surface area contributed by atoms with Gasteiger partial charge in [-0.15, -0.1) is 0 Å². The van der Waals surface area contributed by atoms with Crippen LogP contribution in [0, 0.1) is 18.7 Å². The highest BCUT2D eigenvalue weighted by Crippen LogP contribution is 2.36. The standard InChI is InChI=1S/C25H27F5N5O/c1-13-7-9-35(10-8-13)19-11-18-23(31-14(2)16-5-4-6-17(21(16)28)22(29)30)32-15(3)33-24(18)34-25(19)36-12-20(26)27/h4-6,11,14,20,22H,7-10,12H2,1-3H3,(H,31,32,33,34)/t14-/m1/s1. The molecule has 1 aromatic carbocycles. The van der Waals surface area contributed by atoms with E-state index in [0.717, 1.165) is 18.9 Å². The predicted molar refractivity (Wildman–Crippen MR) is 127 cm³/mol. The van der Waals surface area contributed by atoms with Crippen LogP contribution in [0.4, 0.5) is 33.5 Å². The summed E-state index contributed by atoms with van der Waals surface area (Å²) in [7, 11) is 0. The number of halogens is 5. The van der Waals surface area contributed by atoms with E-state index in [1.807, 2.05) is 4.90 Å². The zero-order chi connectivity index (χ0) is 26.0. The van der Waals surface area contributed by atoms with Crippen LogP contribution < -0.4 is 15.0 Å². The van der Waals surface area contributed by atoms with E-state index in [4.69, 9.17) is 4.74 Å². The number of pyridine rings is 1. The Balaban J connectivity index is 1.75. The van der Waals surface area contributed by atoms with Crippen LogP contribution in [0.1, 0.15) is 56.1 Å². The van der Waals surface area contributed by atoms with E-state index >= 15 is 0 Å². The summed E-state index contributed by atoms with van der Waals surface area (Å²) in [4.78, 5) is 15.2. The van der Waals surface area contributed by atoms with Gasteiger partial charge in [0.25, 0.3) is 12.9 Å². The average Bonchev–Trinajstić information content (AvgIpc) is 2.82. The third kappa shape index (κ3) is 5.60. The summed E-state index contributed by atoms with van der Waals surface area (Å²) in [5, 5.41) is 3.57. The fourth-order valence-corrected chi connectivity index (χ4v) is 4.20. The van der Waals surface area contributed by atoms with Crippen LogP contribution in [0.3, 0.4) is 0 Å². The summed E-state index contributed by atoms with van der Waals surface area (Å²) >= 11 is 0. The number of nitrogens with one attached hydrogen (secondary N) is 1. The highest BCUT2D eigenvalue weighted by atomic mass is 19.3. The van der Waals surface area contributed by atoms with Crippen LogP contribution in [0.15, 0.2) is 24.3 Å². The van der Waals surface area contributed by atoms with Crippen LogP contribution >= 0.6 is 0 Å². The highest BCUT2D eigenvalue weighted by molar-refractivity contribution is 5.90. The van der Waals surface area contributed by atoms with Crippen molar-refractivity contribution in [1.29, 1.82) is 0 Å². The van der Waals surface area contributed by atoms with Gasteiger partial charge in [0, 0.05) is 18.7 Å². The van der Waals surface area contributed by atoms with Crippen molar-refractivity contribution < 1.29 is 26.7 Å². The molecular weight excluding hydrogens is 481 g/mol. The van der Waals surface area contributed by atoms with Crippen LogP contribution in [-0.4, -0.2) is 41.1 Å². The fraction of sp³-hybridized carbons (Fsp3) is 0.440. The Morgan fingerprint density at radius 1 is 1.03 bits per heavy atom. The lowest BCUT2D eigenvalue weighted by Gasteiger charge is -2.32. The molecule has 0 aliphatic carbocycles. The molecule has 1 fully saturated rings. The number of benzene rings is 1. The quantitative estimate of drug-likeness (QED) is 0.354. The molecule has 193 valence electrons. The third-order valence-corrected chi connectivity index (χ3v) is 6.16. The molecular formula is C25H27F5N5O. The van der Waals surface area contributed by atoms with Gasteiger partial charge < -0.3 is 15.0 Å². The predicted octanol–water partition coefficient (Wildman–Crippen LogP) is 6.42. The first kappa shape index (κ1) is 25.8. The van der Waals surface area contributed by atoms with Crippen LogP contribution in [0.5, 0.6) is 5.88 Å². The van der Waals surface area contributed by atoms with Crippen molar-refractivity contribution in [1.82, 2.24) is 15.0 Å². The maximum atomic E-state index is 14.8. The number of aryl methyl sites for hydroxylation is 1. The van der Waals surface area contributed by atoms with E-state index in [0.29, 0.717) is 35.8 Å². The number of piperidine rings is 1. The molecule has 1 N–H and O–H groups in total. The van der Waals surface area contributed by atoms with Gasteiger partial charge in [0.15, 0.2) is 12.3 Å². The number of hydrogen-bond donors (Lipinski definition) is 1. The fourth-order valence-electron chi connectivity index (χ4n) is 4.20. The highest BCUT2D eigenvalue weighted by Gasteiger charge is 2.24. The molecule has 1 aliphatic heterocycles. The number of nitrogens with zero attached hydrogens (tertiary/aromatic N) is 4. The van der Waals surface area contributed by atoms with E-state index in [1.54, 1.807) is 19.9 Å². The van der Waals surface area contributed by atoms with Crippen LogP contribution in [0.25, 0.3) is 11.0 Å². The average molecular weight is 509 g/mol. The zero-order valence-electron chi connectivity index (χ0n) is 20.2. The minimum Gasteiger partial charge on any atom is -0.470 e. The van der Waals surface area contributed by atoms with E-state index in [1.165, 1.54) is 18.1 Å². The maximum Gasteiger partial charge on any atom is 0.272 e. The molecule has 3 heterocycles. The first-order chi connectivity index (χ1) is 17.1. The lowest BCUT2D eigenvalue weighted by molar-refractivity contribution is 0.0799. The Kier molecular flexibility index (Phi) is 7.75. The molecule has 0 bridgehead atoms. The Labute approximate surface area is 205 Å². The molecule has 3 aromatic rings. The molecule has 1 atom stereocenters. The number of rotatable bonds is 8. The number of anilines is 2. The first-order valence-electron chi connectivity index (χ1n) is 11.6. The molecule has 0 spiro atoms. The largest absolute Gasteiger partial charge is 0.470 e. The van der Waals surface area contributed by atoms with Gasteiger partial charge in [0.2, 0.25) is 5.88 Å². The van der Waals surface area contributed by atoms with Crippen molar-refractivity contribution in [3.8, 4) is 5.88 Å². The van der Waals surface area contributed by atoms with Crippen LogP contribution in [0.2, 0.25) is 0 Å². The summed E-state index contributed by atoms with van der Waals surface area (Å²) in [6, 6.07) is 4.87. The summed E-state index contributed by atoms with van der Waals surface area (Å²) in [5.41, 5.74) is 0.132. The smallest absolute Gasteiger partial charge is 0.272 e. The summed E-state index contributed by atoms with van der Waals surface area (Å²) < 4.78 is 72.4. The lowest BCUT2D eigenvalue weighted by atomic mass is 9.99. The van der Waals surface area contributed by atoms with E-state index < -0.39 is 36.9 Å². The molecule has 0 unspecified atom stereocenters. The van der Waals surface area contributed by atoms with E-state index in [-0.39, 0.29) is 17.1 Å². The van der Waals surface area contributed by atoms with E-state index in [2.05, 4.69) is 27.2 Å². The third-order valence-electron chi connectivity index (χ3n) is 6.16. The summed E-state index contributed by atoms with van der Waals surface area (Å²) in [6.07, 6.45) is -3.92. The van der Waals surface area contributed by atoms with Crippen molar-refractivity contribution in [3.63, 3.8) is 0 Å². The number of alkyl halides is 4. The molecule has 1 aliphatic rings. The Hall–Kier alpha value is -3.24. The topological polar surface area (TPSA) is 63.2 Å². The van der Waals surface area contributed by atoms with Crippen molar-refractivity contribution >= 4 is 22.5 Å². The van der Waals surface area contributed by atoms with Gasteiger partial charge in [-0.1, -0.05) is 25.1 Å². The molecule has 0 saturated carbocycles. The van der Waals surface area contributed by atoms with E-state index in [9.17, 15) is 22.0 Å². The maximum absolute atomic E-state index is 14.8. The molecule has 1 saturated heterocycles. The molecule has 36 heavy (non-hydrogen) atoms. The number of fused-ring (bicyclic) bond motifs is 1. The van der Waals surface area contributed by atoms with Crippen molar-refractivity contribution in [2.75, 3.05) is 29.9 Å². The normalized spacial score (nSPS) is 15.7. The van der Waals surface area contributed by atoms with Gasteiger partial charge in [0.1, 0.15) is 23.1 Å². The van der Waals surface area contributed by atoms with Gasteiger partial charge in [-0.25, -0.2) is 31.9 Å². The minimum absolute atomic E-state index is 0.0510. The minimum atomic E-state index is -2.94. The second-order valence-corrected chi connectivity index (χ2v) is 8.87. The van der Waals surface area contributed by atoms with Crippen molar-refractivity contribution in [2.24, 2.45) is 0 Å². The zero-order valence-corrected chi connectivity index (χ0v) is 20.2. The van der Waals surface area contributed by atoms with Crippen molar-refractivity contribution in [2.45, 2.75) is 52.5 Å². The second-order valence-electron chi connectivity index (χ2n) is 8.87. The molecule has 6 nitrogen and oxygen atoms in total. The van der Waals surface area contributed by atoms with Crippen LogP contribution in [-0.2, 0) is 0 Å². The van der Waals surface area contributed by atoms with Gasteiger partial charge in [-0.2, -0.15) is 4.98 Å². The summed E-state index contributed by atoms with van der Waals surface area (Å²) in [6.45, 7) is 5.87. The molecule has 2 aromatic heterocycles. The lowest BCUT2D eigenvalue weighted by Crippen LogP contribution is -2.32. The monoisotopic (exact) mass is 508 g/mol. The van der Waals surface area contributed by atoms with Gasteiger partial charge >= 0.3 is 0 Å². The van der Waals surface area contributed by atoms with Gasteiger partial charge in [-0.05, 0) is 38.7 Å². The Morgan fingerprint density at radius 2 is 1.72 bits per heavy atom. The van der Waals surface area contributed by atoms with Gasteiger partial charge in [-0.3, -0.25) is 0 Å². The summed E-state index contributed by atoms with van der Waals surface area (Å²) in [5.74, 6) is 1.07. The molecule has 4 rings (SSSR count). The number of hydrogen-bond acceptors (Lipinski definition) is 6. The SMILES string of the molecule is C[C]1CCN(c2cc3c(N[C@H](C)c4cccc(C(F)F)c4F)nc(C)nc3nc2OCC(F)F)CC1. The first-order valence-corrected chi connectivity index (χ1v) is 11.6. The number of aromatic nitrogens is 3. The Morgan fingerprint density at radius 3 is 2.39 bits per heavy atom. The molecule has 1 radical (unpaired) electrons. The second kappa shape index (κ2) is 10.8. The Bertz CT molecular complexity index is 1220.